The first kappa shape index (κ1) is 28.2. The third-order valence-electron chi connectivity index (χ3n) is 9.84. The van der Waals surface area contributed by atoms with E-state index in [9.17, 15) is 0 Å². The largest absolute Gasteiger partial charge is 0.456 e. The quantitative estimate of drug-likeness (QED) is 0.187. The smallest absolute Gasteiger partial charge is 0.164 e. The predicted octanol–water partition coefficient (Wildman–Crippen LogP) is 12.2. The van der Waals surface area contributed by atoms with Gasteiger partial charge in [-0.3, -0.25) is 0 Å². The van der Waals surface area contributed by atoms with Crippen molar-refractivity contribution >= 4 is 75.3 Å². The van der Waals surface area contributed by atoms with Crippen LogP contribution >= 0.6 is 11.3 Å². The Kier molecular flexibility index (Phi) is 6.05. The average Bonchev–Trinajstić information content (AvgIpc) is 3.86. The molecule has 0 N–H and O–H groups in total. The summed E-state index contributed by atoms with van der Waals surface area (Å²) >= 11 is 1.80. The van der Waals surface area contributed by atoms with Crippen molar-refractivity contribution in [3.8, 4) is 39.9 Å². The molecule has 11 aromatic rings. The van der Waals surface area contributed by atoms with E-state index in [-0.39, 0.29) is 0 Å². The van der Waals surface area contributed by atoms with Crippen molar-refractivity contribution in [1.29, 1.82) is 0 Å². The summed E-state index contributed by atoms with van der Waals surface area (Å²) in [6.07, 6.45) is 0. The molecule has 238 valence electrons. The summed E-state index contributed by atoms with van der Waals surface area (Å²) in [5.41, 5.74) is 8.16. The van der Waals surface area contributed by atoms with Crippen LogP contribution in [0.25, 0.3) is 104 Å². The van der Waals surface area contributed by atoms with Crippen LogP contribution in [-0.4, -0.2) is 19.5 Å². The van der Waals surface area contributed by atoms with Crippen LogP contribution in [0.5, 0.6) is 0 Å². The van der Waals surface area contributed by atoms with E-state index in [1.807, 2.05) is 72.8 Å². The molecule has 0 saturated carbocycles. The molecule has 7 aromatic carbocycles. The lowest BCUT2D eigenvalue weighted by Gasteiger charge is -2.09. The number of nitrogens with zero attached hydrogens (tertiary/aromatic N) is 4. The van der Waals surface area contributed by atoms with E-state index in [4.69, 9.17) is 19.4 Å². The van der Waals surface area contributed by atoms with E-state index < -0.39 is 0 Å². The first-order chi connectivity index (χ1) is 25.2. The van der Waals surface area contributed by atoms with Crippen molar-refractivity contribution < 1.29 is 4.42 Å². The van der Waals surface area contributed by atoms with Gasteiger partial charge in [0.1, 0.15) is 11.2 Å². The first-order valence-electron chi connectivity index (χ1n) is 16.9. The number of thiophene rings is 1. The van der Waals surface area contributed by atoms with Gasteiger partial charge in [0.2, 0.25) is 0 Å². The van der Waals surface area contributed by atoms with Crippen LogP contribution in [0.2, 0.25) is 0 Å². The third-order valence-corrected chi connectivity index (χ3v) is 11.0. The highest BCUT2D eigenvalue weighted by Gasteiger charge is 2.18. The van der Waals surface area contributed by atoms with Gasteiger partial charge in [0.05, 0.1) is 11.0 Å². The fourth-order valence-corrected chi connectivity index (χ4v) is 8.57. The van der Waals surface area contributed by atoms with E-state index in [1.165, 1.54) is 36.5 Å². The van der Waals surface area contributed by atoms with E-state index in [2.05, 4.69) is 89.5 Å². The molecule has 6 heteroatoms. The van der Waals surface area contributed by atoms with Crippen molar-refractivity contribution in [1.82, 2.24) is 19.5 Å². The summed E-state index contributed by atoms with van der Waals surface area (Å²) in [5, 5.41) is 7.08. The molecule has 0 amide bonds. The zero-order valence-electron chi connectivity index (χ0n) is 27.1. The van der Waals surface area contributed by atoms with Gasteiger partial charge in [0, 0.05) is 64.1 Å². The number of aromatic nitrogens is 4. The highest BCUT2D eigenvalue weighted by atomic mass is 32.1. The van der Waals surface area contributed by atoms with Crippen LogP contribution in [0.15, 0.2) is 162 Å². The maximum Gasteiger partial charge on any atom is 0.164 e. The molecule has 0 bridgehead atoms. The second-order valence-corrected chi connectivity index (χ2v) is 13.9. The van der Waals surface area contributed by atoms with Gasteiger partial charge in [-0.15, -0.1) is 11.3 Å². The zero-order valence-corrected chi connectivity index (χ0v) is 27.9. The third kappa shape index (κ3) is 4.43. The molecular weight excluding hydrogens is 645 g/mol. The molecule has 4 heterocycles. The Hall–Kier alpha value is -6.63. The van der Waals surface area contributed by atoms with Gasteiger partial charge in [-0.1, -0.05) is 109 Å². The van der Waals surface area contributed by atoms with Gasteiger partial charge in [-0.05, 0) is 48.5 Å². The van der Waals surface area contributed by atoms with Crippen molar-refractivity contribution in [3.05, 3.63) is 158 Å². The lowest BCUT2D eigenvalue weighted by atomic mass is 10.1. The molecule has 11 rings (SSSR count). The van der Waals surface area contributed by atoms with Crippen molar-refractivity contribution in [2.45, 2.75) is 0 Å². The van der Waals surface area contributed by atoms with Gasteiger partial charge in [0.25, 0.3) is 0 Å². The molecule has 0 spiro atoms. The Morgan fingerprint density at radius 1 is 0.392 bits per heavy atom. The van der Waals surface area contributed by atoms with E-state index >= 15 is 0 Å². The number of fused-ring (bicyclic) bond motifs is 9. The lowest BCUT2D eigenvalue weighted by Crippen LogP contribution is -1.99. The fraction of sp³-hybridized carbons (Fsp3) is 0. The van der Waals surface area contributed by atoms with Crippen LogP contribution in [-0.2, 0) is 0 Å². The molecule has 0 atom stereocenters. The van der Waals surface area contributed by atoms with Crippen LogP contribution < -0.4 is 0 Å². The monoisotopic (exact) mass is 670 g/mol. The minimum Gasteiger partial charge on any atom is -0.456 e. The molecule has 0 radical (unpaired) electrons. The number of benzene rings is 7. The summed E-state index contributed by atoms with van der Waals surface area (Å²) in [6.45, 7) is 0. The number of furan rings is 1. The van der Waals surface area contributed by atoms with E-state index in [1.54, 1.807) is 11.3 Å². The second-order valence-electron chi connectivity index (χ2n) is 12.8. The molecule has 0 saturated heterocycles. The highest BCUT2D eigenvalue weighted by Crippen LogP contribution is 2.41. The Balaban J connectivity index is 1.08. The number of hydrogen-bond donors (Lipinski definition) is 0. The van der Waals surface area contributed by atoms with E-state index in [0.717, 1.165) is 49.8 Å². The maximum atomic E-state index is 6.30. The van der Waals surface area contributed by atoms with Crippen molar-refractivity contribution in [2.75, 3.05) is 0 Å². The Morgan fingerprint density at radius 3 is 1.82 bits per heavy atom. The first-order valence-corrected chi connectivity index (χ1v) is 17.8. The predicted molar refractivity (Wildman–Crippen MR) is 211 cm³/mol. The summed E-state index contributed by atoms with van der Waals surface area (Å²) in [6, 6.07) is 55.0. The Morgan fingerprint density at radius 2 is 1.06 bits per heavy atom. The summed E-state index contributed by atoms with van der Waals surface area (Å²) in [5.74, 6) is 1.98. The number of para-hydroxylation sites is 2. The van der Waals surface area contributed by atoms with Gasteiger partial charge in [0.15, 0.2) is 17.5 Å². The SMILES string of the molecule is c1ccc(-c2nc(-c3ccccc3)nc(-c3ccc4c(c3)sc3ccc(-n5c6ccccc6c6cc7oc8ccccc8c7cc65)cc34)n2)cc1. The molecule has 0 aliphatic heterocycles. The van der Waals surface area contributed by atoms with Gasteiger partial charge in [-0.2, -0.15) is 0 Å². The van der Waals surface area contributed by atoms with Crippen molar-refractivity contribution in [3.63, 3.8) is 0 Å². The van der Waals surface area contributed by atoms with E-state index in [0.29, 0.717) is 17.5 Å². The molecule has 0 aliphatic carbocycles. The molecule has 0 fully saturated rings. The highest BCUT2D eigenvalue weighted by molar-refractivity contribution is 7.25. The molecule has 0 aliphatic rings. The molecule has 0 unspecified atom stereocenters. The Labute approximate surface area is 295 Å². The molecule has 51 heavy (non-hydrogen) atoms. The van der Waals surface area contributed by atoms with Crippen LogP contribution in [0.4, 0.5) is 0 Å². The van der Waals surface area contributed by atoms with Gasteiger partial charge in [-0.25, -0.2) is 15.0 Å². The standard InChI is InChI=1S/C45H26N4OS/c1-3-11-27(12-4-1)43-46-44(28-13-5-2-6-14-28)48-45(47-43)29-19-21-33-36-24-30(20-22-41(36)51-42(33)23-29)49-37-17-9-7-15-31(37)34-26-40-35(25-38(34)49)32-16-8-10-18-39(32)50-40/h1-26H. The lowest BCUT2D eigenvalue weighted by molar-refractivity contribution is 0.669. The normalized spacial score (nSPS) is 11.9. The molecule has 4 aromatic heterocycles. The Bertz CT molecular complexity index is 3080. The van der Waals surface area contributed by atoms with Crippen LogP contribution in [0.1, 0.15) is 0 Å². The minimum absolute atomic E-state index is 0.658. The van der Waals surface area contributed by atoms with Crippen molar-refractivity contribution in [2.24, 2.45) is 0 Å². The topological polar surface area (TPSA) is 56.7 Å². The zero-order chi connectivity index (χ0) is 33.5. The summed E-state index contributed by atoms with van der Waals surface area (Å²) in [4.78, 5) is 14.8. The summed E-state index contributed by atoms with van der Waals surface area (Å²) < 4.78 is 11.1. The second kappa shape index (κ2) is 10.9. The van der Waals surface area contributed by atoms with Gasteiger partial charge >= 0.3 is 0 Å². The maximum absolute atomic E-state index is 6.30. The molecule has 5 nitrogen and oxygen atoms in total. The van der Waals surface area contributed by atoms with Crippen LogP contribution in [0, 0.1) is 0 Å². The molecular formula is C45H26N4OS. The van der Waals surface area contributed by atoms with Crippen LogP contribution in [0.3, 0.4) is 0 Å². The van der Waals surface area contributed by atoms with Gasteiger partial charge < -0.3 is 8.98 Å². The summed E-state index contributed by atoms with van der Waals surface area (Å²) in [7, 11) is 0. The minimum atomic E-state index is 0.658. The fourth-order valence-electron chi connectivity index (χ4n) is 7.45. The number of hydrogen-bond acceptors (Lipinski definition) is 5. The average molecular weight is 671 g/mol. The number of rotatable bonds is 4.